The lowest BCUT2D eigenvalue weighted by Crippen LogP contribution is -2.31. The summed E-state index contributed by atoms with van der Waals surface area (Å²) in [6.07, 6.45) is 0.301. The number of amides is 1. The molecule has 0 fully saturated rings. The molecule has 26 heavy (non-hydrogen) atoms. The van der Waals surface area contributed by atoms with Gasteiger partial charge in [0, 0.05) is 18.9 Å². The average molecular weight is 347 g/mol. The first kappa shape index (κ1) is 17.7. The third kappa shape index (κ3) is 3.91. The molecule has 1 amide bonds. The number of carbonyl (C=O) groups is 2. The largest absolute Gasteiger partial charge is 0.481 e. The van der Waals surface area contributed by atoms with E-state index in [0.717, 1.165) is 22.0 Å². The Morgan fingerprint density at radius 2 is 1.58 bits per heavy atom. The molecule has 3 aromatic rings. The molecule has 132 valence electrons. The van der Waals surface area contributed by atoms with Gasteiger partial charge in [0.1, 0.15) is 0 Å². The van der Waals surface area contributed by atoms with Gasteiger partial charge in [-0.25, -0.2) is 0 Å². The molecule has 1 N–H and O–H groups in total. The molecule has 4 heteroatoms. The first-order chi connectivity index (χ1) is 12.6. The highest BCUT2D eigenvalue weighted by atomic mass is 16.4. The Morgan fingerprint density at radius 3 is 2.31 bits per heavy atom. The number of carboxylic acids is 1. The van der Waals surface area contributed by atoms with Crippen LogP contribution in [0.2, 0.25) is 0 Å². The maximum atomic E-state index is 12.8. The van der Waals surface area contributed by atoms with Crippen LogP contribution in [0.1, 0.15) is 12.0 Å². The van der Waals surface area contributed by atoms with Crippen LogP contribution >= 0.6 is 0 Å². The second-order valence-electron chi connectivity index (χ2n) is 6.38. The molecule has 1 atom stereocenters. The molecular weight excluding hydrogens is 326 g/mol. The maximum absolute atomic E-state index is 12.8. The van der Waals surface area contributed by atoms with Gasteiger partial charge in [-0.3, -0.25) is 9.59 Å². The Hall–Kier alpha value is -3.14. The predicted octanol–water partition coefficient (Wildman–Crippen LogP) is 4.14. The van der Waals surface area contributed by atoms with Crippen LogP contribution in [0.15, 0.2) is 72.8 Å². The highest BCUT2D eigenvalue weighted by molar-refractivity contribution is 6.04. The zero-order valence-corrected chi connectivity index (χ0v) is 14.6. The molecule has 3 aromatic carbocycles. The number of nitrogens with zero attached hydrogens (tertiary/aromatic N) is 1. The summed E-state index contributed by atoms with van der Waals surface area (Å²) in [4.78, 5) is 26.0. The Kier molecular flexibility index (Phi) is 5.32. The number of benzene rings is 3. The van der Waals surface area contributed by atoms with Crippen molar-refractivity contribution in [3.63, 3.8) is 0 Å². The Labute approximate surface area is 152 Å². The average Bonchev–Trinajstić information content (AvgIpc) is 2.67. The smallest absolute Gasteiger partial charge is 0.307 e. The first-order valence-corrected chi connectivity index (χ1v) is 8.57. The number of rotatable bonds is 6. The summed E-state index contributed by atoms with van der Waals surface area (Å²) in [5, 5.41) is 11.6. The molecule has 0 aliphatic carbocycles. The van der Waals surface area contributed by atoms with Crippen LogP contribution in [0.3, 0.4) is 0 Å². The van der Waals surface area contributed by atoms with Crippen molar-refractivity contribution in [2.75, 3.05) is 11.9 Å². The fourth-order valence-corrected chi connectivity index (χ4v) is 3.13. The van der Waals surface area contributed by atoms with Crippen molar-refractivity contribution in [2.24, 2.45) is 5.92 Å². The van der Waals surface area contributed by atoms with E-state index in [-0.39, 0.29) is 12.3 Å². The summed E-state index contributed by atoms with van der Waals surface area (Å²) in [5.74, 6) is -1.90. The normalized spacial score (nSPS) is 11.9. The van der Waals surface area contributed by atoms with Gasteiger partial charge in [-0.1, -0.05) is 66.7 Å². The number of carbonyl (C=O) groups excluding carboxylic acids is 1. The van der Waals surface area contributed by atoms with Crippen LogP contribution in [0, 0.1) is 5.92 Å². The van der Waals surface area contributed by atoms with Crippen LogP contribution in [-0.2, 0) is 16.0 Å². The second-order valence-corrected chi connectivity index (χ2v) is 6.38. The molecule has 0 saturated heterocycles. The van der Waals surface area contributed by atoms with Gasteiger partial charge in [0.15, 0.2) is 0 Å². The van der Waals surface area contributed by atoms with Gasteiger partial charge in [-0.2, -0.15) is 0 Å². The van der Waals surface area contributed by atoms with E-state index in [2.05, 4.69) is 0 Å². The van der Waals surface area contributed by atoms with Crippen molar-refractivity contribution in [3.8, 4) is 0 Å². The standard InChI is InChI=1S/C22H21NO3/c1-23(20-13-7-11-17-10-5-6-12-19(17)20)21(24)15-18(22(25)26)14-16-8-3-2-4-9-16/h2-13,18H,14-15H2,1H3,(H,25,26). The van der Waals surface area contributed by atoms with Gasteiger partial charge < -0.3 is 10.0 Å². The Morgan fingerprint density at radius 1 is 0.923 bits per heavy atom. The summed E-state index contributed by atoms with van der Waals surface area (Å²) >= 11 is 0. The van der Waals surface area contributed by atoms with Gasteiger partial charge >= 0.3 is 5.97 Å². The maximum Gasteiger partial charge on any atom is 0.307 e. The van der Waals surface area contributed by atoms with Crippen LogP contribution < -0.4 is 4.90 Å². The summed E-state index contributed by atoms with van der Waals surface area (Å²) in [6, 6.07) is 23.0. The molecule has 0 aliphatic heterocycles. The number of fused-ring (bicyclic) bond motifs is 1. The minimum Gasteiger partial charge on any atom is -0.481 e. The lowest BCUT2D eigenvalue weighted by molar-refractivity contribution is -0.143. The topological polar surface area (TPSA) is 57.6 Å². The van der Waals surface area contributed by atoms with E-state index in [9.17, 15) is 14.7 Å². The lowest BCUT2D eigenvalue weighted by Gasteiger charge is -2.21. The molecule has 4 nitrogen and oxygen atoms in total. The van der Waals surface area contributed by atoms with E-state index >= 15 is 0 Å². The number of anilines is 1. The monoisotopic (exact) mass is 347 g/mol. The molecule has 0 aromatic heterocycles. The van der Waals surface area contributed by atoms with Crippen molar-refractivity contribution < 1.29 is 14.7 Å². The number of carboxylic acid groups (broad SMARTS) is 1. The van der Waals surface area contributed by atoms with Gasteiger partial charge in [-0.05, 0) is 23.4 Å². The van der Waals surface area contributed by atoms with Crippen molar-refractivity contribution >= 4 is 28.3 Å². The van der Waals surface area contributed by atoms with Crippen LogP contribution in [0.5, 0.6) is 0 Å². The minimum atomic E-state index is -0.950. The molecule has 0 bridgehead atoms. The molecular formula is C22H21NO3. The molecule has 1 unspecified atom stereocenters. The lowest BCUT2D eigenvalue weighted by atomic mass is 9.95. The fraction of sp³-hybridized carbons (Fsp3) is 0.182. The molecule has 0 aliphatic rings. The van der Waals surface area contributed by atoms with E-state index in [0.29, 0.717) is 6.42 Å². The zero-order chi connectivity index (χ0) is 18.5. The molecule has 0 radical (unpaired) electrons. The molecule has 0 spiro atoms. The Balaban J connectivity index is 1.79. The van der Waals surface area contributed by atoms with E-state index in [1.54, 1.807) is 11.9 Å². The van der Waals surface area contributed by atoms with Crippen LogP contribution in [-0.4, -0.2) is 24.0 Å². The summed E-state index contributed by atoms with van der Waals surface area (Å²) in [7, 11) is 1.70. The second kappa shape index (κ2) is 7.83. The third-order valence-electron chi connectivity index (χ3n) is 4.60. The van der Waals surface area contributed by atoms with Crippen LogP contribution in [0.4, 0.5) is 5.69 Å². The highest BCUT2D eigenvalue weighted by Crippen LogP contribution is 2.27. The zero-order valence-electron chi connectivity index (χ0n) is 14.6. The Bertz CT molecular complexity index is 916. The third-order valence-corrected chi connectivity index (χ3v) is 4.60. The molecule has 3 rings (SSSR count). The van der Waals surface area contributed by atoms with Crippen molar-refractivity contribution in [3.05, 3.63) is 78.4 Å². The van der Waals surface area contributed by atoms with E-state index in [1.165, 1.54) is 0 Å². The summed E-state index contributed by atoms with van der Waals surface area (Å²) in [5.41, 5.74) is 1.71. The quantitative estimate of drug-likeness (QED) is 0.729. The predicted molar refractivity (Wildman–Crippen MR) is 103 cm³/mol. The van der Waals surface area contributed by atoms with Gasteiger partial charge in [0.25, 0.3) is 0 Å². The van der Waals surface area contributed by atoms with E-state index in [1.807, 2.05) is 72.8 Å². The number of aliphatic carboxylic acids is 1. The molecule has 0 heterocycles. The van der Waals surface area contributed by atoms with E-state index < -0.39 is 11.9 Å². The summed E-state index contributed by atoms with van der Waals surface area (Å²) < 4.78 is 0. The van der Waals surface area contributed by atoms with Crippen molar-refractivity contribution in [2.45, 2.75) is 12.8 Å². The van der Waals surface area contributed by atoms with Crippen LogP contribution in [0.25, 0.3) is 10.8 Å². The van der Waals surface area contributed by atoms with Gasteiger partial charge in [-0.15, -0.1) is 0 Å². The highest BCUT2D eigenvalue weighted by Gasteiger charge is 2.24. The van der Waals surface area contributed by atoms with E-state index in [4.69, 9.17) is 0 Å². The summed E-state index contributed by atoms with van der Waals surface area (Å²) in [6.45, 7) is 0. The van der Waals surface area contributed by atoms with Gasteiger partial charge in [0.05, 0.1) is 11.6 Å². The minimum absolute atomic E-state index is 0.0377. The van der Waals surface area contributed by atoms with Gasteiger partial charge in [0.2, 0.25) is 5.91 Å². The number of hydrogen-bond donors (Lipinski definition) is 1. The van der Waals surface area contributed by atoms with Crippen molar-refractivity contribution in [1.82, 2.24) is 0 Å². The fourth-order valence-electron chi connectivity index (χ4n) is 3.13. The van der Waals surface area contributed by atoms with Crippen molar-refractivity contribution in [1.29, 1.82) is 0 Å². The SMILES string of the molecule is CN(C(=O)CC(Cc1ccccc1)C(=O)O)c1cccc2ccccc12. The number of hydrogen-bond acceptors (Lipinski definition) is 2. The first-order valence-electron chi connectivity index (χ1n) is 8.57. The molecule has 0 saturated carbocycles.